The van der Waals surface area contributed by atoms with Crippen molar-refractivity contribution >= 4 is 33.4 Å². The van der Waals surface area contributed by atoms with Gasteiger partial charge in [0.05, 0.1) is 5.56 Å². The molecule has 1 N–H and O–H groups in total. The van der Waals surface area contributed by atoms with Gasteiger partial charge in [-0.25, -0.2) is 4.39 Å². The standard InChI is InChI=1S/C11H12BrClFNO/c1-11(2,6-13)15-10(16)9-7(12)4-3-5-8(9)14/h3-5H,6H2,1-2H3,(H,15,16). The molecule has 0 saturated carbocycles. The molecule has 0 atom stereocenters. The molecule has 0 saturated heterocycles. The van der Waals surface area contributed by atoms with Gasteiger partial charge in [-0.3, -0.25) is 4.79 Å². The van der Waals surface area contributed by atoms with Crippen LogP contribution in [0, 0.1) is 5.82 Å². The number of nitrogens with one attached hydrogen (secondary N) is 1. The molecule has 16 heavy (non-hydrogen) atoms. The van der Waals surface area contributed by atoms with Crippen molar-refractivity contribution in [1.82, 2.24) is 5.32 Å². The number of halogens is 3. The van der Waals surface area contributed by atoms with Gasteiger partial charge >= 0.3 is 0 Å². The van der Waals surface area contributed by atoms with Gasteiger partial charge in [-0.1, -0.05) is 6.07 Å². The van der Waals surface area contributed by atoms with Gasteiger partial charge in [0.15, 0.2) is 0 Å². The summed E-state index contributed by atoms with van der Waals surface area (Å²) < 4.78 is 13.9. The van der Waals surface area contributed by atoms with E-state index in [2.05, 4.69) is 21.2 Å². The zero-order chi connectivity index (χ0) is 12.3. The summed E-state index contributed by atoms with van der Waals surface area (Å²) in [5.41, 5.74) is -0.568. The van der Waals surface area contributed by atoms with Crippen molar-refractivity contribution in [3.8, 4) is 0 Å². The van der Waals surface area contributed by atoms with Crippen LogP contribution in [0.4, 0.5) is 4.39 Å². The van der Waals surface area contributed by atoms with Gasteiger partial charge in [-0.2, -0.15) is 0 Å². The van der Waals surface area contributed by atoms with Crippen LogP contribution in [-0.2, 0) is 0 Å². The minimum atomic E-state index is -0.569. The quantitative estimate of drug-likeness (QED) is 0.853. The first-order valence-electron chi connectivity index (χ1n) is 4.70. The molecule has 0 aliphatic rings. The van der Waals surface area contributed by atoms with Crippen LogP contribution >= 0.6 is 27.5 Å². The molecule has 0 heterocycles. The normalized spacial score (nSPS) is 11.3. The Kier molecular flexibility index (Phi) is 4.33. The van der Waals surface area contributed by atoms with Gasteiger partial charge in [-0.05, 0) is 41.9 Å². The maximum atomic E-state index is 13.5. The minimum Gasteiger partial charge on any atom is -0.346 e. The first kappa shape index (κ1) is 13.5. The Balaban J connectivity index is 2.98. The van der Waals surface area contributed by atoms with Crippen molar-refractivity contribution in [2.24, 2.45) is 0 Å². The number of rotatable bonds is 3. The fourth-order valence-corrected chi connectivity index (χ4v) is 1.71. The Hall–Kier alpha value is -0.610. The Morgan fingerprint density at radius 1 is 1.56 bits per heavy atom. The van der Waals surface area contributed by atoms with Crippen molar-refractivity contribution < 1.29 is 9.18 Å². The van der Waals surface area contributed by atoms with E-state index in [0.29, 0.717) is 4.47 Å². The predicted octanol–water partition coefficient (Wildman–Crippen LogP) is 3.34. The van der Waals surface area contributed by atoms with Crippen molar-refractivity contribution in [3.63, 3.8) is 0 Å². The number of carbonyl (C=O) groups is 1. The summed E-state index contributed by atoms with van der Waals surface area (Å²) in [6.45, 7) is 3.54. The van der Waals surface area contributed by atoms with E-state index < -0.39 is 17.3 Å². The van der Waals surface area contributed by atoms with Gasteiger partial charge in [0.2, 0.25) is 0 Å². The molecule has 0 aromatic heterocycles. The minimum absolute atomic E-state index is 0.000640. The van der Waals surface area contributed by atoms with Crippen molar-refractivity contribution in [2.45, 2.75) is 19.4 Å². The van der Waals surface area contributed by atoms with Crippen LogP contribution in [0.1, 0.15) is 24.2 Å². The molecule has 0 aliphatic carbocycles. The van der Waals surface area contributed by atoms with E-state index in [1.807, 2.05) is 0 Å². The average Bonchev–Trinajstić information content (AvgIpc) is 2.16. The third-order valence-electron chi connectivity index (χ3n) is 1.98. The lowest BCUT2D eigenvalue weighted by molar-refractivity contribution is 0.0915. The molecule has 88 valence electrons. The van der Waals surface area contributed by atoms with Crippen LogP contribution in [0.5, 0.6) is 0 Å². The SMILES string of the molecule is CC(C)(CCl)NC(=O)c1c(F)cccc1Br. The second-order valence-electron chi connectivity index (χ2n) is 4.07. The van der Waals surface area contributed by atoms with E-state index >= 15 is 0 Å². The average molecular weight is 309 g/mol. The Morgan fingerprint density at radius 2 is 2.19 bits per heavy atom. The maximum absolute atomic E-state index is 13.5. The lowest BCUT2D eigenvalue weighted by Crippen LogP contribution is -2.45. The van der Waals surface area contributed by atoms with Crippen LogP contribution in [0.15, 0.2) is 22.7 Å². The van der Waals surface area contributed by atoms with Crippen LogP contribution in [0.2, 0.25) is 0 Å². The highest BCUT2D eigenvalue weighted by atomic mass is 79.9. The lowest BCUT2D eigenvalue weighted by Gasteiger charge is -2.23. The van der Waals surface area contributed by atoms with Crippen LogP contribution in [-0.4, -0.2) is 17.3 Å². The Morgan fingerprint density at radius 3 is 2.69 bits per heavy atom. The number of alkyl halides is 1. The molecular weight excluding hydrogens is 296 g/mol. The summed E-state index contributed by atoms with van der Waals surface area (Å²) in [4.78, 5) is 11.8. The molecule has 1 aromatic carbocycles. The fraction of sp³-hybridized carbons (Fsp3) is 0.364. The molecule has 1 amide bonds. The highest BCUT2D eigenvalue weighted by Crippen LogP contribution is 2.20. The summed E-state index contributed by atoms with van der Waals surface area (Å²) in [6.07, 6.45) is 0. The molecule has 5 heteroatoms. The van der Waals surface area contributed by atoms with E-state index in [1.165, 1.54) is 12.1 Å². The van der Waals surface area contributed by atoms with Crippen LogP contribution in [0.25, 0.3) is 0 Å². The summed E-state index contributed by atoms with van der Waals surface area (Å²) in [5, 5.41) is 2.66. The zero-order valence-electron chi connectivity index (χ0n) is 8.98. The second kappa shape index (κ2) is 5.15. The summed E-state index contributed by atoms with van der Waals surface area (Å²) in [6, 6.07) is 4.39. The number of hydrogen-bond acceptors (Lipinski definition) is 1. The topological polar surface area (TPSA) is 29.1 Å². The van der Waals surface area contributed by atoms with Crippen LogP contribution in [0.3, 0.4) is 0 Å². The van der Waals surface area contributed by atoms with Crippen LogP contribution < -0.4 is 5.32 Å². The number of hydrogen-bond donors (Lipinski definition) is 1. The number of carbonyl (C=O) groups excluding carboxylic acids is 1. The predicted molar refractivity (Wildman–Crippen MR) is 66.4 cm³/mol. The Bertz CT molecular complexity index is 389. The summed E-state index contributed by atoms with van der Waals surface area (Å²) >= 11 is 8.83. The first-order chi connectivity index (χ1) is 7.37. The van der Waals surface area contributed by atoms with Gasteiger partial charge in [0.25, 0.3) is 5.91 Å². The summed E-state index contributed by atoms with van der Waals surface area (Å²) in [5.74, 6) is -0.780. The smallest absolute Gasteiger partial charge is 0.255 e. The van der Waals surface area contributed by atoms with E-state index in [4.69, 9.17) is 11.6 Å². The number of amides is 1. The Labute approximate surface area is 107 Å². The molecular formula is C11H12BrClFNO. The molecule has 0 spiro atoms. The van der Waals surface area contributed by atoms with Gasteiger partial charge in [0, 0.05) is 15.9 Å². The van der Waals surface area contributed by atoms with E-state index in [0.717, 1.165) is 0 Å². The second-order valence-corrected chi connectivity index (χ2v) is 5.19. The van der Waals surface area contributed by atoms with E-state index in [9.17, 15) is 9.18 Å². The molecule has 1 rings (SSSR count). The van der Waals surface area contributed by atoms with Crippen molar-refractivity contribution in [1.29, 1.82) is 0 Å². The van der Waals surface area contributed by atoms with Crippen molar-refractivity contribution in [2.75, 3.05) is 5.88 Å². The lowest BCUT2D eigenvalue weighted by atomic mass is 10.1. The third-order valence-corrected chi connectivity index (χ3v) is 3.30. The third kappa shape index (κ3) is 3.19. The van der Waals surface area contributed by atoms with E-state index in [1.54, 1.807) is 19.9 Å². The maximum Gasteiger partial charge on any atom is 0.255 e. The molecule has 1 aromatic rings. The highest BCUT2D eigenvalue weighted by molar-refractivity contribution is 9.10. The molecule has 2 nitrogen and oxygen atoms in total. The van der Waals surface area contributed by atoms with Gasteiger partial charge in [0.1, 0.15) is 5.82 Å². The van der Waals surface area contributed by atoms with Gasteiger partial charge in [-0.15, -0.1) is 11.6 Å². The summed E-state index contributed by atoms with van der Waals surface area (Å²) in [7, 11) is 0. The molecule has 0 aliphatic heterocycles. The highest BCUT2D eigenvalue weighted by Gasteiger charge is 2.23. The van der Waals surface area contributed by atoms with Crippen molar-refractivity contribution in [3.05, 3.63) is 34.1 Å². The molecule has 0 unspecified atom stereocenters. The fourth-order valence-electron chi connectivity index (χ4n) is 1.12. The molecule has 0 radical (unpaired) electrons. The molecule has 0 fully saturated rings. The monoisotopic (exact) mass is 307 g/mol. The first-order valence-corrected chi connectivity index (χ1v) is 6.02. The number of benzene rings is 1. The zero-order valence-corrected chi connectivity index (χ0v) is 11.3. The largest absolute Gasteiger partial charge is 0.346 e. The van der Waals surface area contributed by atoms with Gasteiger partial charge < -0.3 is 5.32 Å². The van der Waals surface area contributed by atoms with E-state index in [-0.39, 0.29) is 11.4 Å². The molecule has 0 bridgehead atoms.